The molecule has 0 fully saturated rings. The molecule has 0 unspecified atom stereocenters. The van der Waals surface area contributed by atoms with Gasteiger partial charge in [-0.05, 0) is 11.7 Å². The maximum absolute atomic E-state index is 5.43. The molecule has 0 saturated heterocycles. The molecular formula is C10H23NOS. The second-order valence-electron chi connectivity index (χ2n) is 3.42. The average Bonchev–Trinajstić information content (AvgIpc) is 2.09. The molecule has 0 saturated carbocycles. The number of hydrogen-bond acceptors (Lipinski definition) is 3. The third-order valence-corrected chi connectivity index (χ3v) is 2.40. The zero-order chi connectivity index (χ0) is 9.94. The van der Waals surface area contributed by atoms with Gasteiger partial charge in [0.25, 0.3) is 0 Å². The predicted octanol–water partition coefficient (Wildman–Crippen LogP) is 2.00. The van der Waals surface area contributed by atoms with Gasteiger partial charge in [0.05, 0.1) is 6.61 Å². The van der Waals surface area contributed by atoms with Crippen LogP contribution in [0.2, 0.25) is 0 Å². The van der Waals surface area contributed by atoms with Crippen LogP contribution in [0.5, 0.6) is 0 Å². The van der Waals surface area contributed by atoms with Gasteiger partial charge in [0.1, 0.15) is 0 Å². The van der Waals surface area contributed by atoms with E-state index in [1.165, 1.54) is 11.5 Å². The van der Waals surface area contributed by atoms with Crippen LogP contribution < -0.4 is 5.32 Å². The molecule has 0 aliphatic heterocycles. The summed E-state index contributed by atoms with van der Waals surface area (Å²) in [7, 11) is 0. The molecule has 2 nitrogen and oxygen atoms in total. The fourth-order valence-corrected chi connectivity index (χ4v) is 1.45. The second-order valence-corrected chi connectivity index (χ2v) is 4.81. The topological polar surface area (TPSA) is 21.3 Å². The van der Waals surface area contributed by atoms with Crippen molar-refractivity contribution in [3.05, 3.63) is 0 Å². The Balaban J connectivity index is 2.84. The molecule has 13 heavy (non-hydrogen) atoms. The minimum Gasteiger partial charge on any atom is -0.380 e. The van der Waals surface area contributed by atoms with E-state index < -0.39 is 0 Å². The summed E-state index contributed by atoms with van der Waals surface area (Å²) in [5, 5.41) is 3.35. The highest BCUT2D eigenvalue weighted by Crippen LogP contribution is 1.95. The Hall–Kier alpha value is 0.270. The van der Waals surface area contributed by atoms with Gasteiger partial charge >= 0.3 is 0 Å². The average molecular weight is 205 g/mol. The third kappa shape index (κ3) is 12.3. The van der Waals surface area contributed by atoms with Gasteiger partial charge in [0.15, 0.2) is 0 Å². The van der Waals surface area contributed by atoms with Crippen LogP contribution in [0.4, 0.5) is 0 Å². The Morgan fingerprint density at radius 3 is 2.69 bits per heavy atom. The van der Waals surface area contributed by atoms with E-state index in [1.807, 2.05) is 11.8 Å². The first-order chi connectivity index (χ1) is 6.27. The number of ether oxygens (including phenoxy) is 1. The van der Waals surface area contributed by atoms with Crippen molar-refractivity contribution in [2.24, 2.45) is 5.92 Å². The van der Waals surface area contributed by atoms with Gasteiger partial charge in [-0.25, -0.2) is 0 Å². The first kappa shape index (κ1) is 13.3. The van der Waals surface area contributed by atoms with Gasteiger partial charge in [0, 0.05) is 25.4 Å². The highest BCUT2D eigenvalue weighted by molar-refractivity contribution is 7.99. The van der Waals surface area contributed by atoms with E-state index in [-0.39, 0.29) is 0 Å². The first-order valence-electron chi connectivity index (χ1n) is 5.13. The normalized spacial score (nSPS) is 11.1. The number of thioether (sulfide) groups is 1. The monoisotopic (exact) mass is 205 g/mol. The lowest BCUT2D eigenvalue weighted by Crippen LogP contribution is -2.23. The first-order valence-corrected chi connectivity index (χ1v) is 6.29. The molecule has 0 rings (SSSR count). The molecule has 0 aliphatic rings. The van der Waals surface area contributed by atoms with E-state index in [2.05, 4.69) is 26.1 Å². The fraction of sp³-hybridized carbons (Fsp3) is 1.00. The zero-order valence-corrected chi connectivity index (χ0v) is 9.95. The lowest BCUT2D eigenvalue weighted by molar-refractivity contribution is 0.112. The van der Waals surface area contributed by atoms with E-state index in [0.29, 0.717) is 5.92 Å². The van der Waals surface area contributed by atoms with Crippen LogP contribution in [0.15, 0.2) is 0 Å². The maximum Gasteiger partial charge on any atom is 0.0591 e. The molecule has 0 bridgehead atoms. The molecule has 1 N–H and O–H groups in total. The Kier molecular flexibility index (Phi) is 10.6. The highest BCUT2D eigenvalue weighted by Gasteiger charge is 1.92. The lowest BCUT2D eigenvalue weighted by atomic mass is 10.2. The Morgan fingerprint density at radius 2 is 2.08 bits per heavy atom. The summed E-state index contributed by atoms with van der Waals surface area (Å²) >= 11 is 1.97. The predicted molar refractivity (Wildman–Crippen MR) is 61.5 cm³/mol. The van der Waals surface area contributed by atoms with Crippen molar-refractivity contribution in [2.75, 3.05) is 37.8 Å². The Labute approximate surface area is 86.8 Å². The van der Waals surface area contributed by atoms with Crippen LogP contribution in [0.1, 0.15) is 20.8 Å². The summed E-state index contributed by atoms with van der Waals surface area (Å²) in [6.07, 6.45) is 0. The minimum atomic E-state index is 0.649. The second kappa shape index (κ2) is 10.4. The Morgan fingerprint density at radius 1 is 1.31 bits per heavy atom. The van der Waals surface area contributed by atoms with Gasteiger partial charge in [-0.2, -0.15) is 11.8 Å². The molecule has 0 aromatic rings. The van der Waals surface area contributed by atoms with Crippen LogP contribution >= 0.6 is 11.8 Å². The number of rotatable bonds is 9. The molecule has 0 amide bonds. The molecule has 0 aliphatic carbocycles. The van der Waals surface area contributed by atoms with E-state index in [0.717, 1.165) is 26.3 Å². The summed E-state index contributed by atoms with van der Waals surface area (Å²) in [4.78, 5) is 0. The summed E-state index contributed by atoms with van der Waals surface area (Å²) < 4.78 is 5.43. The van der Waals surface area contributed by atoms with Crippen LogP contribution in [0, 0.1) is 5.92 Å². The molecule has 0 aromatic carbocycles. The van der Waals surface area contributed by atoms with E-state index >= 15 is 0 Å². The molecule has 80 valence electrons. The summed E-state index contributed by atoms with van der Waals surface area (Å²) in [5.41, 5.74) is 0. The van der Waals surface area contributed by atoms with Gasteiger partial charge in [-0.1, -0.05) is 20.8 Å². The van der Waals surface area contributed by atoms with Crippen molar-refractivity contribution in [3.63, 3.8) is 0 Å². The summed E-state index contributed by atoms with van der Waals surface area (Å²) in [6.45, 7) is 10.3. The highest BCUT2D eigenvalue weighted by atomic mass is 32.2. The molecular weight excluding hydrogens is 182 g/mol. The quantitative estimate of drug-likeness (QED) is 0.582. The van der Waals surface area contributed by atoms with Crippen molar-refractivity contribution < 1.29 is 4.74 Å². The number of nitrogens with one attached hydrogen (secondary N) is 1. The van der Waals surface area contributed by atoms with E-state index in [4.69, 9.17) is 4.74 Å². The van der Waals surface area contributed by atoms with Gasteiger partial charge in [-0.15, -0.1) is 0 Å². The van der Waals surface area contributed by atoms with Crippen LogP contribution in [0.3, 0.4) is 0 Å². The third-order valence-electron chi connectivity index (χ3n) is 1.50. The smallest absolute Gasteiger partial charge is 0.0591 e. The van der Waals surface area contributed by atoms with Crippen molar-refractivity contribution >= 4 is 11.8 Å². The van der Waals surface area contributed by atoms with Gasteiger partial charge in [0.2, 0.25) is 0 Å². The number of hydrogen-bond donors (Lipinski definition) is 1. The lowest BCUT2D eigenvalue weighted by Gasteiger charge is -2.07. The van der Waals surface area contributed by atoms with E-state index in [9.17, 15) is 0 Å². The van der Waals surface area contributed by atoms with Crippen LogP contribution in [-0.2, 0) is 4.74 Å². The van der Waals surface area contributed by atoms with Gasteiger partial charge < -0.3 is 10.1 Å². The van der Waals surface area contributed by atoms with Crippen LogP contribution in [-0.4, -0.2) is 37.8 Å². The molecule has 0 heterocycles. The van der Waals surface area contributed by atoms with Crippen molar-refractivity contribution in [1.29, 1.82) is 0 Å². The summed E-state index contributed by atoms with van der Waals surface area (Å²) in [5.74, 6) is 3.07. The zero-order valence-electron chi connectivity index (χ0n) is 9.14. The molecule has 0 aromatic heterocycles. The van der Waals surface area contributed by atoms with Gasteiger partial charge in [-0.3, -0.25) is 0 Å². The van der Waals surface area contributed by atoms with Crippen molar-refractivity contribution in [3.8, 4) is 0 Å². The molecule has 0 atom stereocenters. The SMILES string of the molecule is CCSCCNCCOCC(C)C. The minimum absolute atomic E-state index is 0.649. The fourth-order valence-electron chi connectivity index (χ4n) is 0.877. The Bertz CT molecular complexity index is 98.9. The van der Waals surface area contributed by atoms with Crippen LogP contribution in [0.25, 0.3) is 0 Å². The van der Waals surface area contributed by atoms with Crippen molar-refractivity contribution in [2.45, 2.75) is 20.8 Å². The summed E-state index contributed by atoms with van der Waals surface area (Å²) in [6, 6.07) is 0. The van der Waals surface area contributed by atoms with E-state index in [1.54, 1.807) is 0 Å². The van der Waals surface area contributed by atoms with Crippen molar-refractivity contribution in [1.82, 2.24) is 5.32 Å². The largest absolute Gasteiger partial charge is 0.380 e. The standard InChI is InChI=1S/C10H23NOS/c1-4-13-8-6-11-5-7-12-9-10(2)3/h10-11H,4-9H2,1-3H3. The molecule has 0 spiro atoms. The molecule has 3 heteroatoms. The maximum atomic E-state index is 5.43. The molecule has 0 radical (unpaired) electrons.